The number of nitrogens with zero attached hydrogens (tertiary/aromatic N) is 3. The van der Waals surface area contributed by atoms with Gasteiger partial charge in [0.25, 0.3) is 0 Å². The molecule has 0 amide bonds. The van der Waals surface area contributed by atoms with Gasteiger partial charge in [-0.15, -0.1) is 0 Å². The van der Waals surface area contributed by atoms with Crippen LogP contribution >= 0.6 is 11.6 Å². The molecule has 0 bridgehead atoms. The molecule has 2 aromatic carbocycles. The second-order valence-corrected chi connectivity index (χ2v) is 12.5. The van der Waals surface area contributed by atoms with Gasteiger partial charge in [0.2, 0.25) is 0 Å². The molecule has 4 rings (SSSR count). The van der Waals surface area contributed by atoms with E-state index in [1.165, 1.54) is 30.3 Å². The van der Waals surface area contributed by atoms with E-state index in [-0.39, 0.29) is 34.2 Å². The lowest BCUT2D eigenvalue weighted by Gasteiger charge is -2.44. The van der Waals surface area contributed by atoms with Gasteiger partial charge in [-0.1, -0.05) is 17.7 Å². The fraction of sp³-hybridized carbons (Fsp3) is 0.375. The SMILES string of the molecule is CC1(C)C(N)=N[C@](C)(c2cc(CC(=O)c3ccc(C#N)cc3Cl)ccc2F)[C@@H]2CCN=[S@@]21=O. The Morgan fingerprint density at radius 1 is 1.30 bits per heavy atom. The van der Waals surface area contributed by atoms with Crippen molar-refractivity contribution in [1.29, 1.82) is 5.26 Å². The van der Waals surface area contributed by atoms with Crippen LogP contribution in [0.15, 0.2) is 45.8 Å². The van der Waals surface area contributed by atoms with E-state index in [1.807, 2.05) is 6.07 Å². The minimum atomic E-state index is -2.80. The normalized spacial score (nSPS) is 27.8. The molecule has 0 unspecified atom stereocenters. The number of halogens is 2. The molecule has 9 heteroatoms. The zero-order chi connectivity index (χ0) is 24.2. The Morgan fingerprint density at radius 2 is 2.03 bits per heavy atom. The fourth-order valence-corrected chi connectivity index (χ4v) is 8.11. The van der Waals surface area contributed by atoms with Gasteiger partial charge in [-0.2, -0.15) is 5.26 Å². The van der Waals surface area contributed by atoms with Crippen molar-refractivity contribution in [2.24, 2.45) is 15.1 Å². The van der Waals surface area contributed by atoms with Gasteiger partial charge in [0.1, 0.15) is 21.9 Å². The first kappa shape index (κ1) is 23.4. The van der Waals surface area contributed by atoms with Crippen molar-refractivity contribution in [2.45, 2.75) is 49.1 Å². The fourth-order valence-electron chi connectivity index (χ4n) is 4.67. The number of hydrogen-bond acceptors (Lipinski definition) is 6. The van der Waals surface area contributed by atoms with Crippen molar-refractivity contribution in [3.05, 3.63) is 69.5 Å². The Balaban J connectivity index is 1.75. The minimum absolute atomic E-state index is 0.0237. The number of fused-ring (bicyclic) bond motifs is 1. The molecule has 0 aliphatic carbocycles. The lowest BCUT2D eigenvalue weighted by Crippen LogP contribution is -2.58. The predicted octanol–water partition coefficient (Wildman–Crippen LogP) is 4.38. The molecule has 2 aromatic rings. The van der Waals surface area contributed by atoms with Crippen LogP contribution in [0.2, 0.25) is 5.02 Å². The standard InChI is InChI=1S/C24H24ClFN4O2S/c1-23(2)22(28)30-24(3,21-8-9-29-33(21,23)32)17-10-14(5-7-19(17)26)12-20(31)16-6-4-15(13-27)11-18(16)25/h4-7,10-11,21H,8-9,12H2,1-3H3,(H2,28,30)/t21-,24+,33+/m0/s1. The quantitative estimate of drug-likeness (QED) is 0.646. The molecule has 0 saturated heterocycles. The number of rotatable bonds is 4. The van der Waals surface area contributed by atoms with E-state index in [2.05, 4.69) is 9.36 Å². The summed E-state index contributed by atoms with van der Waals surface area (Å²) >= 11 is 6.18. The first-order valence-corrected chi connectivity index (χ1v) is 12.5. The highest BCUT2D eigenvalue weighted by molar-refractivity contribution is 7.96. The molecule has 33 heavy (non-hydrogen) atoms. The highest BCUT2D eigenvalue weighted by atomic mass is 35.5. The van der Waals surface area contributed by atoms with Gasteiger partial charge in [0.15, 0.2) is 5.78 Å². The molecular formula is C24H24ClFN4O2S. The molecule has 2 aliphatic heterocycles. The zero-order valence-electron chi connectivity index (χ0n) is 18.6. The van der Waals surface area contributed by atoms with E-state index < -0.39 is 31.1 Å². The number of amidine groups is 1. The zero-order valence-corrected chi connectivity index (χ0v) is 20.1. The molecule has 3 atom stereocenters. The summed E-state index contributed by atoms with van der Waals surface area (Å²) in [5.74, 6) is -0.586. The maximum absolute atomic E-state index is 15.1. The summed E-state index contributed by atoms with van der Waals surface area (Å²) < 4.78 is 32.6. The van der Waals surface area contributed by atoms with E-state index in [9.17, 15) is 9.00 Å². The summed E-state index contributed by atoms with van der Waals surface area (Å²) in [5.41, 5.74) is 6.52. The number of carbonyl (C=O) groups excluding carboxylic acids is 1. The van der Waals surface area contributed by atoms with Crippen LogP contribution in [0.5, 0.6) is 0 Å². The van der Waals surface area contributed by atoms with Gasteiger partial charge < -0.3 is 5.73 Å². The van der Waals surface area contributed by atoms with Crippen molar-refractivity contribution in [2.75, 3.05) is 6.54 Å². The molecule has 2 N–H and O–H groups in total. The van der Waals surface area contributed by atoms with Crippen LogP contribution in [0.4, 0.5) is 4.39 Å². The number of nitrogens with two attached hydrogens (primary N) is 1. The number of hydrogen-bond donors (Lipinski definition) is 1. The summed E-state index contributed by atoms with van der Waals surface area (Å²) in [5, 5.41) is 8.68. The second kappa shape index (κ2) is 7.93. The second-order valence-electron chi connectivity index (χ2n) is 9.07. The third-order valence-electron chi connectivity index (χ3n) is 6.73. The molecule has 0 saturated carbocycles. The van der Waals surface area contributed by atoms with Crippen LogP contribution in [0.3, 0.4) is 0 Å². The Bertz CT molecular complexity index is 1370. The topological polar surface area (TPSA) is 109 Å². The summed E-state index contributed by atoms with van der Waals surface area (Å²) in [6.07, 6.45) is 0.489. The lowest BCUT2D eigenvalue weighted by molar-refractivity contribution is 0.0993. The summed E-state index contributed by atoms with van der Waals surface area (Å²) in [4.78, 5) is 17.6. The number of aliphatic imine (C=N–C) groups is 1. The van der Waals surface area contributed by atoms with Crippen LogP contribution < -0.4 is 5.73 Å². The highest BCUT2D eigenvalue weighted by Crippen LogP contribution is 2.47. The van der Waals surface area contributed by atoms with Gasteiger partial charge >= 0.3 is 0 Å². The Hall–Kier alpha value is -2.76. The van der Waals surface area contributed by atoms with Crippen molar-refractivity contribution in [3.63, 3.8) is 0 Å². The minimum Gasteiger partial charge on any atom is -0.386 e. The van der Waals surface area contributed by atoms with E-state index in [1.54, 1.807) is 26.8 Å². The number of ketones is 1. The lowest BCUT2D eigenvalue weighted by atomic mass is 9.84. The van der Waals surface area contributed by atoms with E-state index in [0.717, 1.165) is 0 Å². The average molecular weight is 487 g/mol. The number of benzene rings is 2. The monoisotopic (exact) mass is 486 g/mol. The molecule has 172 valence electrons. The van der Waals surface area contributed by atoms with Crippen molar-refractivity contribution < 1.29 is 13.4 Å². The summed E-state index contributed by atoms with van der Waals surface area (Å²) in [6, 6.07) is 10.9. The Kier molecular flexibility index (Phi) is 5.62. The predicted molar refractivity (Wildman–Crippen MR) is 127 cm³/mol. The first-order valence-electron chi connectivity index (χ1n) is 10.5. The van der Waals surface area contributed by atoms with Crippen LogP contribution in [0.1, 0.15) is 54.2 Å². The van der Waals surface area contributed by atoms with Gasteiger partial charge in [0.05, 0.1) is 31.6 Å². The van der Waals surface area contributed by atoms with Gasteiger partial charge in [-0.25, -0.2) is 13.0 Å². The summed E-state index contributed by atoms with van der Waals surface area (Å²) in [6.45, 7) is 5.68. The largest absolute Gasteiger partial charge is 0.386 e. The maximum Gasteiger partial charge on any atom is 0.168 e. The maximum atomic E-state index is 15.1. The van der Waals surface area contributed by atoms with Crippen LogP contribution in [-0.2, 0) is 21.7 Å². The Labute approximate surface area is 197 Å². The first-order chi connectivity index (χ1) is 15.4. The van der Waals surface area contributed by atoms with E-state index >= 15 is 4.39 Å². The van der Waals surface area contributed by atoms with E-state index in [0.29, 0.717) is 24.1 Å². The van der Waals surface area contributed by atoms with Crippen molar-refractivity contribution in [1.82, 2.24) is 0 Å². The molecule has 0 aromatic heterocycles. The van der Waals surface area contributed by atoms with Crippen molar-refractivity contribution >= 4 is 32.9 Å². The van der Waals surface area contributed by atoms with Crippen LogP contribution in [-0.4, -0.2) is 32.4 Å². The number of carbonyl (C=O) groups is 1. The van der Waals surface area contributed by atoms with Crippen molar-refractivity contribution in [3.8, 4) is 6.07 Å². The third kappa shape index (κ3) is 3.54. The Morgan fingerprint density at radius 3 is 2.70 bits per heavy atom. The molecule has 0 spiro atoms. The third-order valence-corrected chi connectivity index (χ3v) is 10.7. The van der Waals surface area contributed by atoms with Gasteiger partial charge in [-0.3, -0.25) is 9.79 Å². The summed E-state index contributed by atoms with van der Waals surface area (Å²) in [7, 11) is -2.80. The molecule has 0 radical (unpaired) electrons. The number of Topliss-reactive ketones (excluding diaryl/α,β-unsaturated/α-hetero) is 1. The molecular weight excluding hydrogens is 463 g/mol. The smallest absolute Gasteiger partial charge is 0.168 e. The molecule has 2 aliphatic rings. The highest BCUT2D eigenvalue weighted by Gasteiger charge is 2.56. The number of nitriles is 1. The average Bonchev–Trinajstić information content (AvgIpc) is 3.18. The molecule has 0 fully saturated rings. The molecule has 6 nitrogen and oxygen atoms in total. The molecule has 2 heterocycles. The van der Waals surface area contributed by atoms with Crippen LogP contribution in [0.25, 0.3) is 0 Å². The van der Waals surface area contributed by atoms with Crippen LogP contribution in [0, 0.1) is 17.1 Å². The van der Waals surface area contributed by atoms with E-state index in [4.69, 9.17) is 22.6 Å². The van der Waals surface area contributed by atoms with Gasteiger partial charge in [-0.05, 0) is 63.1 Å². The van der Waals surface area contributed by atoms with Gasteiger partial charge in [0, 0.05) is 24.1 Å².